The molecule has 1 saturated carbocycles. The van der Waals surface area contributed by atoms with Crippen LogP contribution >= 0.6 is 0 Å². The first-order valence-corrected chi connectivity index (χ1v) is 7.72. The zero-order valence-corrected chi connectivity index (χ0v) is 11.9. The number of piperazine rings is 1. The van der Waals surface area contributed by atoms with Gasteiger partial charge in [0, 0.05) is 44.8 Å². The van der Waals surface area contributed by atoms with E-state index in [-0.39, 0.29) is 6.03 Å². The first kappa shape index (κ1) is 13.2. The largest absolute Gasteiger partial charge is 0.334 e. The second kappa shape index (κ2) is 5.67. The zero-order chi connectivity index (χ0) is 13.2. The van der Waals surface area contributed by atoms with Gasteiger partial charge in [0.25, 0.3) is 0 Å². The van der Waals surface area contributed by atoms with E-state index in [1.54, 1.807) is 0 Å². The van der Waals surface area contributed by atoms with Crippen molar-refractivity contribution in [1.82, 2.24) is 20.4 Å². The molecule has 2 amide bonds. The predicted molar refractivity (Wildman–Crippen MR) is 75.1 cm³/mol. The number of amides is 2. The highest BCUT2D eigenvalue weighted by atomic mass is 16.2. The van der Waals surface area contributed by atoms with Crippen LogP contribution in [0.5, 0.6) is 0 Å². The minimum atomic E-state index is 0.145. The van der Waals surface area contributed by atoms with Gasteiger partial charge in [-0.1, -0.05) is 12.8 Å². The van der Waals surface area contributed by atoms with Crippen LogP contribution in [0.25, 0.3) is 0 Å². The summed E-state index contributed by atoms with van der Waals surface area (Å²) in [5.74, 6) is 0.672. The molecule has 0 aromatic carbocycles. The van der Waals surface area contributed by atoms with Crippen molar-refractivity contribution in [3.05, 3.63) is 0 Å². The van der Waals surface area contributed by atoms with Crippen molar-refractivity contribution >= 4 is 6.03 Å². The van der Waals surface area contributed by atoms with Crippen LogP contribution < -0.4 is 10.6 Å². The average Bonchev–Trinajstić information content (AvgIpc) is 2.77. The van der Waals surface area contributed by atoms with Crippen LogP contribution in [0.2, 0.25) is 0 Å². The highest BCUT2D eigenvalue weighted by molar-refractivity contribution is 5.74. The minimum Gasteiger partial charge on any atom is -0.334 e. The number of rotatable bonds is 1. The van der Waals surface area contributed by atoms with Gasteiger partial charge in [-0.15, -0.1) is 0 Å². The molecule has 108 valence electrons. The molecule has 5 heteroatoms. The third kappa shape index (κ3) is 2.72. The molecule has 5 nitrogen and oxygen atoms in total. The summed E-state index contributed by atoms with van der Waals surface area (Å²) in [6.07, 6.45) is 5.27. The molecule has 0 spiro atoms. The number of fused-ring (bicyclic) bond motifs is 1. The van der Waals surface area contributed by atoms with Crippen LogP contribution in [0.15, 0.2) is 0 Å². The second-order valence-corrected chi connectivity index (χ2v) is 6.25. The van der Waals surface area contributed by atoms with Gasteiger partial charge in [0.05, 0.1) is 0 Å². The summed E-state index contributed by atoms with van der Waals surface area (Å²) in [6, 6.07) is 1.20. The molecule has 0 bridgehead atoms. The smallest absolute Gasteiger partial charge is 0.317 e. The van der Waals surface area contributed by atoms with E-state index in [9.17, 15) is 4.79 Å². The van der Waals surface area contributed by atoms with Gasteiger partial charge < -0.3 is 20.4 Å². The fourth-order valence-electron chi connectivity index (χ4n) is 4.01. The lowest BCUT2D eigenvalue weighted by Crippen LogP contribution is -2.53. The number of nitrogens with zero attached hydrogens (tertiary/aromatic N) is 2. The molecule has 0 aromatic heterocycles. The van der Waals surface area contributed by atoms with Gasteiger partial charge in [-0.3, -0.25) is 0 Å². The molecule has 3 atom stereocenters. The van der Waals surface area contributed by atoms with E-state index in [0.29, 0.717) is 18.0 Å². The van der Waals surface area contributed by atoms with E-state index < -0.39 is 0 Å². The number of carbonyl (C=O) groups excluding carboxylic acids is 1. The number of carbonyl (C=O) groups is 1. The summed E-state index contributed by atoms with van der Waals surface area (Å²) in [6.45, 7) is 4.53. The van der Waals surface area contributed by atoms with Crippen LogP contribution in [-0.4, -0.2) is 67.7 Å². The molecule has 1 aliphatic carbocycles. The lowest BCUT2D eigenvalue weighted by atomic mass is 9.83. The highest BCUT2D eigenvalue weighted by Gasteiger charge is 2.41. The summed E-state index contributed by atoms with van der Waals surface area (Å²) >= 11 is 0. The Bertz CT molecular complexity index is 329. The Kier molecular flexibility index (Phi) is 3.93. The number of hydrogen-bond acceptors (Lipinski definition) is 3. The molecule has 2 heterocycles. The van der Waals surface area contributed by atoms with Gasteiger partial charge in [-0.2, -0.15) is 0 Å². The lowest BCUT2D eigenvalue weighted by molar-refractivity contribution is 0.179. The van der Waals surface area contributed by atoms with E-state index in [1.165, 1.54) is 25.7 Å². The molecule has 19 heavy (non-hydrogen) atoms. The van der Waals surface area contributed by atoms with Crippen molar-refractivity contribution in [2.24, 2.45) is 5.92 Å². The Morgan fingerprint density at radius 2 is 1.95 bits per heavy atom. The monoisotopic (exact) mass is 266 g/mol. The number of urea groups is 1. The first-order valence-electron chi connectivity index (χ1n) is 7.72. The van der Waals surface area contributed by atoms with E-state index >= 15 is 0 Å². The molecule has 3 rings (SSSR count). The Morgan fingerprint density at radius 3 is 2.74 bits per heavy atom. The van der Waals surface area contributed by atoms with Crippen LogP contribution in [0.4, 0.5) is 4.79 Å². The van der Waals surface area contributed by atoms with E-state index in [1.807, 2.05) is 4.90 Å². The second-order valence-electron chi connectivity index (χ2n) is 6.25. The summed E-state index contributed by atoms with van der Waals surface area (Å²) in [7, 11) is 2.21. The fourth-order valence-corrected chi connectivity index (χ4v) is 4.01. The molecular formula is C14H26N4O. The number of nitrogens with one attached hydrogen (secondary N) is 2. The van der Waals surface area contributed by atoms with Crippen molar-refractivity contribution < 1.29 is 4.79 Å². The summed E-state index contributed by atoms with van der Waals surface area (Å²) < 4.78 is 0. The molecule has 3 unspecified atom stereocenters. The lowest BCUT2D eigenvalue weighted by Gasteiger charge is -2.33. The van der Waals surface area contributed by atoms with Crippen molar-refractivity contribution in [1.29, 1.82) is 0 Å². The van der Waals surface area contributed by atoms with Crippen molar-refractivity contribution in [3.63, 3.8) is 0 Å². The van der Waals surface area contributed by atoms with E-state index in [0.717, 1.165) is 32.7 Å². The van der Waals surface area contributed by atoms with Gasteiger partial charge in [0.1, 0.15) is 0 Å². The van der Waals surface area contributed by atoms with Gasteiger partial charge in [-0.05, 0) is 25.8 Å². The number of likely N-dealkylation sites (tertiary alicyclic amines) is 1. The highest BCUT2D eigenvalue weighted by Crippen LogP contribution is 2.35. The first-order chi connectivity index (χ1) is 9.25. The quantitative estimate of drug-likeness (QED) is 0.725. The van der Waals surface area contributed by atoms with Gasteiger partial charge in [-0.25, -0.2) is 4.79 Å². The van der Waals surface area contributed by atoms with E-state index in [4.69, 9.17) is 0 Å². The molecule has 0 aromatic rings. The topological polar surface area (TPSA) is 47.6 Å². The zero-order valence-electron chi connectivity index (χ0n) is 11.9. The molecule has 3 fully saturated rings. The van der Waals surface area contributed by atoms with Gasteiger partial charge in [0.15, 0.2) is 0 Å². The molecule has 2 aliphatic heterocycles. The molecule has 0 radical (unpaired) electrons. The molecule has 2 saturated heterocycles. The summed E-state index contributed by atoms with van der Waals surface area (Å²) in [5, 5.41) is 6.58. The normalized spacial score (nSPS) is 36.1. The van der Waals surface area contributed by atoms with Crippen molar-refractivity contribution in [2.45, 2.75) is 37.8 Å². The Hall–Kier alpha value is -0.810. The summed E-state index contributed by atoms with van der Waals surface area (Å²) in [5.41, 5.74) is 0. The van der Waals surface area contributed by atoms with Gasteiger partial charge in [0.2, 0.25) is 0 Å². The average molecular weight is 266 g/mol. The predicted octanol–water partition coefficient (Wildman–Crippen LogP) is 0.474. The van der Waals surface area contributed by atoms with Crippen LogP contribution in [-0.2, 0) is 0 Å². The van der Waals surface area contributed by atoms with E-state index in [2.05, 4.69) is 22.6 Å². The Balaban J connectivity index is 1.58. The van der Waals surface area contributed by atoms with Crippen LogP contribution in [0.1, 0.15) is 25.7 Å². The fraction of sp³-hybridized carbons (Fsp3) is 0.929. The van der Waals surface area contributed by atoms with Crippen molar-refractivity contribution in [2.75, 3.05) is 39.8 Å². The maximum atomic E-state index is 12.3. The molecule has 3 aliphatic rings. The van der Waals surface area contributed by atoms with Crippen molar-refractivity contribution in [3.8, 4) is 0 Å². The molecule has 2 N–H and O–H groups in total. The van der Waals surface area contributed by atoms with Gasteiger partial charge >= 0.3 is 6.03 Å². The Morgan fingerprint density at radius 1 is 1.21 bits per heavy atom. The number of likely N-dealkylation sites (N-methyl/N-ethyl adjacent to an activating group) is 1. The molecular weight excluding hydrogens is 240 g/mol. The minimum absolute atomic E-state index is 0.145. The maximum absolute atomic E-state index is 12.3. The standard InChI is InChI=1S/C14H26N4O/c1-17-10-12(11-4-2-3-5-13(11)17)16-14(19)18-8-6-15-7-9-18/h11-13,15H,2-10H2,1H3,(H,16,19). The maximum Gasteiger partial charge on any atom is 0.317 e. The summed E-state index contributed by atoms with van der Waals surface area (Å²) in [4.78, 5) is 16.7. The van der Waals surface area contributed by atoms with Crippen LogP contribution in [0.3, 0.4) is 0 Å². The van der Waals surface area contributed by atoms with Crippen LogP contribution in [0, 0.1) is 5.92 Å². The Labute approximate surface area is 115 Å². The third-order valence-corrected chi connectivity index (χ3v) is 5.06. The number of hydrogen-bond donors (Lipinski definition) is 2. The third-order valence-electron chi connectivity index (χ3n) is 5.06. The SMILES string of the molecule is CN1CC(NC(=O)N2CCNCC2)C2CCCCC21.